The second-order valence-corrected chi connectivity index (χ2v) is 4.58. The zero-order chi connectivity index (χ0) is 15.1. The first-order valence-corrected chi connectivity index (χ1v) is 6.90. The predicted octanol–water partition coefficient (Wildman–Crippen LogP) is 2.99. The van der Waals surface area contributed by atoms with Gasteiger partial charge in [0.15, 0.2) is 0 Å². The van der Waals surface area contributed by atoms with Crippen LogP contribution in [0.1, 0.15) is 6.92 Å². The fourth-order valence-electron chi connectivity index (χ4n) is 2.24. The molecule has 1 amide bonds. The molecule has 21 heavy (non-hydrogen) atoms. The summed E-state index contributed by atoms with van der Waals surface area (Å²) in [6.45, 7) is 4.53. The Hall–Kier alpha value is -2.27. The topological polar surface area (TPSA) is 54.7 Å². The van der Waals surface area contributed by atoms with Gasteiger partial charge in [-0.2, -0.15) is 0 Å². The zero-order valence-corrected chi connectivity index (χ0v) is 12.3. The fourth-order valence-corrected chi connectivity index (χ4v) is 2.24. The van der Waals surface area contributed by atoms with Crippen LogP contribution in [0.5, 0.6) is 0 Å². The van der Waals surface area contributed by atoms with Crippen molar-refractivity contribution in [1.29, 1.82) is 0 Å². The van der Waals surface area contributed by atoms with E-state index in [9.17, 15) is 4.79 Å². The van der Waals surface area contributed by atoms with E-state index in [2.05, 4.69) is 29.3 Å². The standard InChI is InChI=1S/C16H20N2O3/c1-3-18(7-8-20-2)14-6-4-5-13(9-14)15-10-21-11-16(15)17-12-19/h4-6,9-12H,3,7-8H2,1-2H3,(H,17,19). The van der Waals surface area contributed by atoms with Crippen molar-refractivity contribution in [3.63, 3.8) is 0 Å². The number of amides is 1. The van der Waals surface area contributed by atoms with E-state index in [1.807, 2.05) is 12.1 Å². The highest BCUT2D eigenvalue weighted by Gasteiger charge is 2.10. The van der Waals surface area contributed by atoms with Gasteiger partial charge in [0.1, 0.15) is 12.5 Å². The molecule has 2 aromatic rings. The molecule has 0 bridgehead atoms. The Bertz CT molecular complexity index is 580. The summed E-state index contributed by atoms with van der Waals surface area (Å²) in [5.74, 6) is 0. The van der Waals surface area contributed by atoms with Gasteiger partial charge in [0.25, 0.3) is 0 Å². The minimum atomic E-state index is 0.648. The van der Waals surface area contributed by atoms with Crippen molar-refractivity contribution in [2.45, 2.75) is 6.92 Å². The van der Waals surface area contributed by atoms with E-state index < -0.39 is 0 Å². The molecule has 0 atom stereocenters. The lowest BCUT2D eigenvalue weighted by Gasteiger charge is -2.23. The van der Waals surface area contributed by atoms with Gasteiger partial charge in [-0.15, -0.1) is 0 Å². The molecule has 0 saturated carbocycles. The lowest BCUT2D eigenvalue weighted by molar-refractivity contribution is -0.105. The van der Waals surface area contributed by atoms with E-state index in [1.165, 1.54) is 6.26 Å². The number of ether oxygens (including phenoxy) is 1. The van der Waals surface area contributed by atoms with Gasteiger partial charge >= 0.3 is 0 Å². The SMILES string of the molecule is CCN(CCOC)c1cccc(-c2cocc2NC=O)c1. The third-order valence-corrected chi connectivity index (χ3v) is 3.35. The molecule has 1 N–H and O–H groups in total. The molecule has 0 aliphatic heterocycles. The first-order valence-electron chi connectivity index (χ1n) is 6.90. The number of nitrogens with one attached hydrogen (secondary N) is 1. The summed E-state index contributed by atoms with van der Waals surface area (Å²) in [5.41, 5.74) is 3.65. The third kappa shape index (κ3) is 3.64. The molecule has 0 radical (unpaired) electrons. The second-order valence-electron chi connectivity index (χ2n) is 4.58. The fraction of sp³-hybridized carbons (Fsp3) is 0.312. The Labute approximate surface area is 124 Å². The maximum absolute atomic E-state index is 10.6. The quantitative estimate of drug-likeness (QED) is 0.759. The van der Waals surface area contributed by atoms with Crippen LogP contribution in [0.25, 0.3) is 11.1 Å². The number of carbonyl (C=O) groups excluding carboxylic acids is 1. The summed E-state index contributed by atoms with van der Waals surface area (Å²) in [6, 6.07) is 8.14. The number of nitrogens with zero attached hydrogens (tertiary/aromatic N) is 1. The van der Waals surface area contributed by atoms with E-state index in [1.54, 1.807) is 13.4 Å². The van der Waals surface area contributed by atoms with E-state index in [-0.39, 0.29) is 0 Å². The summed E-state index contributed by atoms with van der Waals surface area (Å²) >= 11 is 0. The van der Waals surface area contributed by atoms with E-state index in [0.29, 0.717) is 18.7 Å². The Morgan fingerprint density at radius 1 is 1.38 bits per heavy atom. The van der Waals surface area contributed by atoms with Crippen LogP contribution in [0.2, 0.25) is 0 Å². The van der Waals surface area contributed by atoms with Crippen LogP contribution >= 0.6 is 0 Å². The molecule has 112 valence electrons. The van der Waals surface area contributed by atoms with Gasteiger partial charge in [0.2, 0.25) is 6.41 Å². The van der Waals surface area contributed by atoms with Crippen LogP contribution in [0, 0.1) is 0 Å². The van der Waals surface area contributed by atoms with E-state index in [4.69, 9.17) is 9.15 Å². The largest absolute Gasteiger partial charge is 0.470 e. The van der Waals surface area contributed by atoms with Crippen molar-refractivity contribution in [3.05, 3.63) is 36.8 Å². The van der Waals surface area contributed by atoms with Gasteiger partial charge < -0.3 is 19.4 Å². The first-order chi connectivity index (χ1) is 10.3. The highest BCUT2D eigenvalue weighted by molar-refractivity contribution is 5.85. The van der Waals surface area contributed by atoms with Gasteiger partial charge in [-0.3, -0.25) is 4.79 Å². The molecule has 0 spiro atoms. The number of furan rings is 1. The van der Waals surface area contributed by atoms with Gasteiger partial charge in [-0.25, -0.2) is 0 Å². The van der Waals surface area contributed by atoms with E-state index >= 15 is 0 Å². The Morgan fingerprint density at radius 2 is 2.24 bits per heavy atom. The van der Waals surface area contributed by atoms with Crippen molar-refractivity contribution in [3.8, 4) is 11.1 Å². The highest BCUT2D eigenvalue weighted by Crippen LogP contribution is 2.31. The molecule has 1 aromatic heterocycles. The lowest BCUT2D eigenvalue weighted by atomic mass is 10.1. The minimum Gasteiger partial charge on any atom is -0.470 e. The molecule has 1 heterocycles. The van der Waals surface area contributed by atoms with Crippen molar-refractivity contribution in [2.24, 2.45) is 0 Å². The molecule has 1 aromatic carbocycles. The molecular formula is C16H20N2O3. The summed E-state index contributed by atoms with van der Waals surface area (Å²) in [5, 5.41) is 2.64. The summed E-state index contributed by atoms with van der Waals surface area (Å²) < 4.78 is 10.3. The average molecular weight is 288 g/mol. The zero-order valence-electron chi connectivity index (χ0n) is 12.3. The molecule has 0 fully saturated rings. The predicted molar refractivity (Wildman–Crippen MR) is 83.6 cm³/mol. The number of benzene rings is 1. The molecular weight excluding hydrogens is 268 g/mol. The second kappa shape index (κ2) is 7.50. The number of carbonyl (C=O) groups is 1. The van der Waals surface area contributed by atoms with Crippen LogP contribution in [0.3, 0.4) is 0 Å². The van der Waals surface area contributed by atoms with Gasteiger partial charge in [-0.05, 0) is 24.6 Å². The van der Waals surface area contributed by atoms with Crippen molar-refractivity contribution in [1.82, 2.24) is 0 Å². The average Bonchev–Trinajstić information content (AvgIpc) is 2.97. The minimum absolute atomic E-state index is 0.648. The molecule has 0 saturated heterocycles. The number of anilines is 2. The van der Waals surface area contributed by atoms with E-state index in [0.717, 1.165) is 29.9 Å². The summed E-state index contributed by atoms with van der Waals surface area (Å²) in [6.07, 6.45) is 3.81. The summed E-state index contributed by atoms with van der Waals surface area (Å²) in [7, 11) is 1.70. The molecule has 2 rings (SSSR count). The number of rotatable bonds is 8. The summed E-state index contributed by atoms with van der Waals surface area (Å²) in [4.78, 5) is 12.9. The number of likely N-dealkylation sites (N-methyl/N-ethyl adjacent to an activating group) is 1. The molecule has 0 aliphatic carbocycles. The number of methoxy groups -OCH3 is 1. The lowest BCUT2D eigenvalue weighted by Crippen LogP contribution is -2.26. The maximum atomic E-state index is 10.6. The first kappa shape index (κ1) is 15.1. The van der Waals surface area contributed by atoms with Crippen LogP contribution in [-0.2, 0) is 9.53 Å². The van der Waals surface area contributed by atoms with Gasteiger partial charge in [0, 0.05) is 31.5 Å². The monoisotopic (exact) mass is 288 g/mol. The number of hydrogen-bond donors (Lipinski definition) is 1. The van der Waals surface area contributed by atoms with Crippen LogP contribution in [0.15, 0.2) is 41.2 Å². The normalized spacial score (nSPS) is 10.4. The molecule has 0 unspecified atom stereocenters. The third-order valence-electron chi connectivity index (χ3n) is 3.35. The van der Waals surface area contributed by atoms with Crippen molar-refractivity contribution in [2.75, 3.05) is 37.0 Å². The van der Waals surface area contributed by atoms with Crippen molar-refractivity contribution < 1.29 is 13.9 Å². The molecule has 5 heteroatoms. The van der Waals surface area contributed by atoms with Crippen molar-refractivity contribution >= 4 is 17.8 Å². The smallest absolute Gasteiger partial charge is 0.211 e. The van der Waals surface area contributed by atoms with Crippen LogP contribution < -0.4 is 10.2 Å². The Balaban J connectivity index is 2.27. The maximum Gasteiger partial charge on any atom is 0.211 e. The highest BCUT2D eigenvalue weighted by atomic mass is 16.5. The van der Waals surface area contributed by atoms with Crippen LogP contribution in [0.4, 0.5) is 11.4 Å². The molecule has 5 nitrogen and oxygen atoms in total. The Morgan fingerprint density at radius 3 is 2.95 bits per heavy atom. The molecule has 0 aliphatic rings. The van der Waals surface area contributed by atoms with Crippen LogP contribution in [-0.4, -0.2) is 33.2 Å². The number of hydrogen-bond acceptors (Lipinski definition) is 4. The Kier molecular flexibility index (Phi) is 5.40. The van der Waals surface area contributed by atoms with Gasteiger partial charge in [0.05, 0.1) is 12.3 Å². The van der Waals surface area contributed by atoms with Gasteiger partial charge in [-0.1, -0.05) is 12.1 Å².